The maximum atomic E-state index is 14.2. The largest absolute Gasteiger partial charge is 0.462 e. The fraction of sp³-hybridized carbons (Fsp3) is 0.429. The Balaban J connectivity index is 1.54. The van der Waals surface area contributed by atoms with E-state index in [9.17, 15) is 4.79 Å². The minimum atomic E-state index is -0.269. The van der Waals surface area contributed by atoms with Crippen LogP contribution in [-0.2, 0) is 0 Å². The van der Waals surface area contributed by atoms with Crippen LogP contribution in [0.25, 0.3) is 27.5 Å². The van der Waals surface area contributed by atoms with E-state index in [1.165, 1.54) is 0 Å². The topological polar surface area (TPSA) is 88.4 Å². The van der Waals surface area contributed by atoms with E-state index in [4.69, 9.17) is 26.3 Å². The summed E-state index contributed by atoms with van der Waals surface area (Å²) in [5, 5.41) is 5.74. The van der Waals surface area contributed by atoms with Gasteiger partial charge < -0.3 is 19.9 Å². The Labute approximate surface area is 226 Å². The number of ether oxygens (including phenoxy) is 1. The summed E-state index contributed by atoms with van der Waals surface area (Å²) in [6.45, 7) is 7.90. The van der Waals surface area contributed by atoms with Crippen LogP contribution in [0, 0.1) is 6.92 Å². The smallest absolute Gasteiger partial charge is 0.319 e. The zero-order valence-electron chi connectivity index (χ0n) is 21.9. The van der Waals surface area contributed by atoms with Gasteiger partial charge in [0.1, 0.15) is 17.9 Å². The van der Waals surface area contributed by atoms with Gasteiger partial charge in [0, 0.05) is 37.1 Å². The number of halogens is 1. The van der Waals surface area contributed by atoms with Crippen molar-refractivity contribution in [1.82, 2.24) is 29.7 Å². The van der Waals surface area contributed by atoms with Crippen molar-refractivity contribution in [1.29, 1.82) is 0 Å². The number of hydrogen-bond donors (Lipinski definition) is 1. The second-order valence-electron chi connectivity index (χ2n) is 10.3. The summed E-state index contributed by atoms with van der Waals surface area (Å²) in [5.74, 6) is 1.19. The van der Waals surface area contributed by atoms with Crippen molar-refractivity contribution in [2.45, 2.75) is 38.8 Å². The predicted octanol–water partition coefficient (Wildman–Crippen LogP) is 3.56. The number of anilines is 1. The zero-order chi connectivity index (χ0) is 26.4. The van der Waals surface area contributed by atoms with Crippen molar-refractivity contribution in [2.75, 3.05) is 44.7 Å². The maximum absolute atomic E-state index is 14.2. The van der Waals surface area contributed by atoms with Gasteiger partial charge in [0.15, 0.2) is 11.3 Å². The number of likely N-dealkylation sites (N-methyl/N-ethyl adjacent to an activating group) is 1. The molecule has 2 saturated heterocycles. The first-order valence-electron chi connectivity index (χ1n) is 13.2. The zero-order valence-corrected chi connectivity index (χ0v) is 22.7. The lowest BCUT2D eigenvalue weighted by molar-refractivity contribution is 0.188. The van der Waals surface area contributed by atoms with Crippen molar-refractivity contribution < 1.29 is 4.74 Å². The Morgan fingerprint density at radius 1 is 1.11 bits per heavy atom. The lowest BCUT2D eigenvalue weighted by atomic mass is 10.1. The first kappa shape index (κ1) is 25.0. The molecule has 2 atom stereocenters. The fourth-order valence-electron chi connectivity index (χ4n) is 5.67. The molecule has 0 spiro atoms. The molecule has 38 heavy (non-hydrogen) atoms. The van der Waals surface area contributed by atoms with Crippen LogP contribution in [0.1, 0.15) is 25.6 Å². The average Bonchev–Trinajstić information content (AvgIpc) is 3.32. The minimum Gasteiger partial charge on any atom is -0.462 e. The quantitative estimate of drug-likeness (QED) is 0.416. The maximum Gasteiger partial charge on any atom is 0.319 e. The number of aryl methyl sites for hydroxylation is 1. The number of nitrogens with zero attached hydrogens (tertiary/aromatic N) is 6. The highest BCUT2D eigenvalue weighted by molar-refractivity contribution is 6.36. The summed E-state index contributed by atoms with van der Waals surface area (Å²) < 4.78 is 7.75. The molecule has 2 aromatic heterocycles. The number of nitrogens with one attached hydrogen (secondary N) is 1. The van der Waals surface area contributed by atoms with Crippen LogP contribution in [-0.4, -0.2) is 76.3 Å². The van der Waals surface area contributed by atoms with Gasteiger partial charge in [-0.1, -0.05) is 35.9 Å². The van der Waals surface area contributed by atoms with Crippen LogP contribution in [0.4, 0.5) is 5.82 Å². The number of likely N-dealkylation sites (tertiary alicyclic amines) is 1. The fourth-order valence-corrected chi connectivity index (χ4v) is 5.95. The molecule has 198 valence electrons. The van der Waals surface area contributed by atoms with Crippen LogP contribution in [0.3, 0.4) is 0 Å². The van der Waals surface area contributed by atoms with Crippen LogP contribution in [0.15, 0.2) is 41.2 Å². The van der Waals surface area contributed by atoms with Gasteiger partial charge in [-0.15, -0.1) is 0 Å². The molecule has 0 amide bonds. The molecular weight excluding hydrogens is 502 g/mol. The number of rotatable bonds is 5. The summed E-state index contributed by atoms with van der Waals surface area (Å²) in [5.41, 5.74) is 1.14. The molecule has 9 nitrogen and oxygen atoms in total. The van der Waals surface area contributed by atoms with E-state index in [0.717, 1.165) is 49.8 Å². The van der Waals surface area contributed by atoms with Gasteiger partial charge in [-0.05, 0) is 57.8 Å². The molecule has 0 bridgehead atoms. The third-order valence-electron chi connectivity index (χ3n) is 7.77. The molecule has 0 aliphatic carbocycles. The minimum absolute atomic E-state index is 0.178. The molecule has 10 heteroatoms. The first-order valence-corrected chi connectivity index (χ1v) is 13.6. The van der Waals surface area contributed by atoms with E-state index in [1.54, 1.807) is 4.57 Å². The molecule has 4 heterocycles. The molecule has 0 saturated carbocycles. The van der Waals surface area contributed by atoms with Crippen molar-refractivity contribution in [3.63, 3.8) is 0 Å². The normalized spacial score (nSPS) is 20.5. The SMILES string of the molecule is Cc1nc2c(N3CCNC[C@@H]3C)nc(OC[C@@H]3CCCN3C)nc2c(=O)n1-c1cccc2cccc(Cl)c12. The van der Waals surface area contributed by atoms with Gasteiger partial charge in [0.2, 0.25) is 0 Å². The molecule has 2 fully saturated rings. The van der Waals surface area contributed by atoms with Gasteiger partial charge in [-0.2, -0.15) is 9.97 Å². The van der Waals surface area contributed by atoms with Crippen molar-refractivity contribution in [2.24, 2.45) is 0 Å². The van der Waals surface area contributed by atoms with Crippen LogP contribution in [0.2, 0.25) is 5.02 Å². The van der Waals surface area contributed by atoms with E-state index >= 15 is 0 Å². The van der Waals surface area contributed by atoms with E-state index in [-0.39, 0.29) is 23.1 Å². The number of fused-ring (bicyclic) bond motifs is 2. The highest BCUT2D eigenvalue weighted by Gasteiger charge is 2.27. The van der Waals surface area contributed by atoms with Gasteiger partial charge in [0.25, 0.3) is 5.56 Å². The Hall–Kier alpha value is -3.27. The van der Waals surface area contributed by atoms with Crippen LogP contribution in [0.5, 0.6) is 6.01 Å². The van der Waals surface area contributed by atoms with Gasteiger partial charge in [-0.25, -0.2) is 4.98 Å². The molecular formula is C28H32ClN7O2. The summed E-state index contributed by atoms with van der Waals surface area (Å²) in [6.07, 6.45) is 2.22. The Morgan fingerprint density at radius 2 is 1.92 bits per heavy atom. The monoisotopic (exact) mass is 533 g/mol. The Morgan fingerprint density at radius 3 is 2.68 bits per heavy atom. The molecule has 2 aliphatic rings. The Kier molecular flexibility index (Phi) is 6.67. The van der Waals surface area contributed by atoms with E-state index in [0.29, 0.717) is 40.5 Å². The van der Waals surface area contributed by atoms with Crippen molar-refractivity contribution in [3.8, 4) is 11.7 Å². The van der Waals surface area contributed by atoms with Crippen molar-refractivity contribution in [3.05, 3.63) is 57.6 Å². The Bertz CT molecular complexity index is 1570. The number of piperazine rings is 1. The lowest BCUT2D eigenvalue weighted by Gasteiger charge is -2.35. The highest BCUT2D eigenvalue weighted by atomic mass is 35.5. The average molecular weight is 534 g/mol. The van der Waals surface area contributed by atoms with Crippen molar-refractivity contribution >= 4 is 39.2 Å². The molecule has 2 aromatic carbocycles. The van der Waals surface area contributed by atoms with E-state index < -0.39 is 0 Å². The standard InChI is InChI=1S/C28H32ClN7O2/c1-17-15-30-12-14-35(17)26-24-25(32-28(33-26)38-16-20-9-6-13-34(20)3)27(37)36(18(2)31-24)22-11-5-8-19-7-4-10-21(29)23(19)22/h4-5,7-8,10-11,17,20,30H,6,9,12-16H2,1-3H3/t17-,20-/m0/s1. The first-order chi connectivity index (χ1) is 18.4. The van der Waals surface area contributed by atoms with Crippen LogP contribution >= 0.6 is 11.6 Å². The summed E-state index contributed by atoms with van der Waals surface area (Å²) in [4.78, 5) is 33.1. The van der Waals surface area contributed by atoms with E-state index in [2.05, 4.69) is 34.1 Å². The van der Waals surface area contributed by atoms with Crippen LogP contribution < -0.4 is 20.5 Å². The predicted molar refractivity (Wildman–Crippen MR) is 151 cm³/mol. The lowest BCUT2D eigenvalue weighted by Crippen LogP contribution is -2.50. The molecule has 1 N–H and O–H groups in total. The van der Waals surface area contributed by atoms with Gasteiger partial charge >= 0.3 is 6.01 Å². The molecule has 2 aliphatic heterocycles. The third kappa shape index (κ3) is 4.38. The number of benzene rings is 2. The van der Waals surface area contributed by atoms with Gasteiger partial charge in [0.05, 0.1) is 10.7 Å². The third-order valence-corrected chi connectivity index (χ3v) is 8.09. The second kappa shape index (κ2) is 10.1. The summed E-state index contributed by atoms with van der Waals surface area (Å²) in [6, 6.07) is 12.2. The number of hydrogen-bond acceptors (Lipinski definition) is 8. The second-order valence-corrected chi connectivity index (χ2v) is 10.7. The molecule has 6 rings (SSSR count). The molecule has 0 unspecified atom stereocenters. The highest BCUT2D eigenvalue weighted by Crippen LogP contribution is 2.31. The molecule has 4 aromatic rings. The van der Waals surface area contributed by atoms with E-state index in [1.807, 2.05) is 43.3 Å². The van der Waals surface area contributed by atoms with Gasteiger partial charge in [-0.3, -0.25) is 9.36 Å². The summed E-state index contributed by atoms with van der Waals surface area (Å²) in [7, 11) is 2.11. The molecule has 0 radical (unpaired) electrons. The number of aromatic nitrogens is 4. The summed E-state index contributed by atoms with van der Waals surface area (Å²) >= 11 is 6.62.